The molecule has 1 aromatic carbocycles. The summed E-state index contributed by atoms with van der Waals surface area (Å²) in [6, 6.07) is 7.71. The fourth-order valence-electron chi connectivity index (χ4n) is 2.46. The quantitative estimate of drug-likeness (QED) is 0.723. The summed E-state index contributed by atoms with van der Waals surface area (Å²) < 4.78 is 5.20. The van der Waals surface area contributed by atoms with E-state index in [1.54, 1.807) is 0 Å². The van der Waals surface area contributed by atoms with Crippen LogP contribution in [0.3, 0.4) is 0 Å². The predicted octanol–water partition coefficient (Wildman–Crippen LogP) is 0.944. The van der Waals surface area contributed by atoms with Gasteiger partial charge in [0.15, 0.2) is 6.61 Å². The van der Waals surface area contributed by atoms with Crippen molar-refractivity contribution in [1.82, 2.24) is 5.32 Å². The van der Waals surface area contributed by atoms with Crippen LogP contribution in [0.1, 0.15) is 31.2 Å². The highest BCUT2D eigenvalue weighted by Crippen LogP contribution is 2.19. The van der Waals surface area contributed by atoms with Gasteiger partial charge in [0.2, 0.25) is 0 Å². The van der Waals surface area contributed by atoms with Gasteiger partial charge < -0.3 is 20.9 Å². The monoisotopic (exact) mass is 278 g/mol. The van der Waals surface area contributed by atoms with Crippen molar-refractivity contribution in [3.8, 4) is 5.75 Å². The molecule has 2 unspecified atom stereocenters. The molecule has 1 aromatic rings. The molecule has 4 N–H and O–H groups in total. The van der Waals surface area contributed by atoms with E-state index in [0.717, 1.165) is 31.4 Å². The van der Waals surface area contributed by atoms with Crippen LogP contribution in [0, 0.1) is 0 Å². The Kier molecular flexibility index (Phi) is 5.38. The first-order valence-corrected chi connectivity index (χ1v) is 7.06. The van der Waals surface area contributed by atoms with Crippen molar-refractivity contribution >= 4 is 5.91 Å². The topological polar surface area (TPSA) is 84.6 Å². The summed E-state index contributed by atoms with van der Waals surface area (Å²) in [6.45, 7) is 0.615. The number of carbonyl (C=O) groups is 1. The molecule has 110 valence electrons. The number of primary amides is 1. The minimum absolute atomic E-state index is 0.105. The number of nitrogens with two attached hydrogens (primary N) is 1. The van der Waals surface area contributed by atoms with E-state index in [9.17, 15) is 9.90 Å². The Hall–Kier alpha value is -1.59. The molecule has 0 radical (unpaired) electrons. The fraction of sp³-hybridized carbons (Fsp3) is 0.533. The molecule has 0 saturated heterocycles. The number of benzene rings is 1. The van der Waals surface area contributed by atoms with Crippen LogP contribution in [0.2, 0.25) is 0 Å². The number of hydrogen-bond donors (Lipinski definition) is 3. The summed E-state index contributed by atoms with van der Waals surface area (Å²) in [5.41, 5.74) is 6.14. The second kappa shape index (κ2) is 7.26. The van der Waals surface area contributed by atoms with Crippen LogP contribution in [0.4, 0.5) is 0 Å². The number of aliphatic hydroxyl groups excluding tert-OH is 1. The second-order valence-corrected chi connectivity index (χ2v) is 5.24. The van der Waals surface area contributed by atoms with E-state index in [1.165, 1.54) is 6.42 Å². The van der Waals surface area contributed by atoms with Crippen LogP contribution >= 0.6 is 0 Å². The Morgan fingerprint density at radius 1 is 1.30 bits per heavy atom. The third kappa shape index (κ3) is 4.51. The van der Waals surface area contributed by atoms with Crippen molar-refractivity contribution in [2.75, 3.05) is 6.61 Å². The second-order valence-electron chi connectivity index (χ2n) is 5.24. The Bertz CT molecular complexity index is 433. The maximum absolute atomic E-state index is 10.6. The van der Waals surface area contributed by atoms with Crippen molar-refractivity contribution in [2.24, 2.45) is 5.73 Å². The highest BCUT2D eigenvalue weighted by atomic mass is 16.5. The van der Waals surface area contributed by atoms with Gasteiger partial charge in [0, 0.05) is 12.6 Å². The van der Waals surface area contributed by atoms with Gasteiger partial charge in [0.1, 0.15) is 5.75 Å². The minimum Gasteiger partial charge on any atom is -0.484 e. The average Bonchev–Trinajstić information content (AvgIpc) is 2.45. The first kappa shape index (κ1) is 14.8. The molecule has 2 rings (SSSR count). The van der Waals surface area contributed by atoms with Gasteiger partial charge in [-0.1, -0.05) is 25.0 Å². The number of hydrogen-bond acceptors (Lipinski definition) is 4. The fourth-order valence-corrected chi connectivity index (χ4v) is 2.46. The normalized spacial score (nSPS) is 22.4. The molecule has 0 aromatic heterocycles. The zero-order chi connectivity index (χ0) is 14.4. The molecule has 20 heavy (non-hydrogen) atoms. The van der Waals surface area contributed by atoms with Gasteiger partial charge in [-0.05, 0) is 30.5 Å². The third-order valence-electron chi connectivity index (χ3n) is 3.60. The molecule has 1 fully saturated rings. The molecule has 2 atom stereocenters. The van der Waals surface area contributed by atoms with Crippen LogP contribution in [-0.2, 0) is 11.3 Å². The SMILES string of the molecule is NC(=O)COc1ccc(CNC2CCCCC2O)cc1. The van der Waals surface area contributed by atoms with E-state index >= 15 is 0 Å². The summed E-state index contributed by atoms with van der Waals surface area (Å²) in [5, 5.41) is 13.3. The van der Waals surface area contributed by atoms with E-state index < -0.39 is 5.91 Å². The smallest absolute Gasteiger partial charge is 0.255 e. The molecule has 1 aliphatic carbocycles. The number of rotatable bonds is 6. The standard InChI is InChI=1S/C15H22N2O3/c16-15(19)10-20-12-7-5-11(6-8-12)9-17-13-3-1-2-4-14(13)18/h5-8,13-14,17-18H,1-4,9-10H2,(H2,16,19). The molecule has 0 heterocycles. The minimum atomic E-state index is -0.484. The number of nitrogens with one attached hydrogen (secondary N) is 1. The highest BCUT2D eigenvalue weighted by molar-refractivity contribution is 5.75. The molecule has 0 aliphatic heterocycles. The first-order valence-electron chi connectivity index (χ1n) is 7.06. The summed E-state index contributed by atoms with van der Waals surface area (Å²) >= 11 is 0. The van der Waals surface area contributed by atoms with Crippen LogP contribution in [-0.4, -0.2) is 29.8 Å². The van der Waals surface area contributed by atoms with Gasteiger partial charge in [0.05, 0.1) is 6.10 Å². The largest absolute Gasteiger partial charge is 0.484 e. The van der Waals surface area contributed by atoms with E-state index in [2.05, 4.69) is 5.32 Å². The maximum Gasteiger partial charge on any atom is 0.255 e. The van der Waals surface area contributed by atoms with Gasteiger partial charge in [-0.25, -0.2) is 0 Å². The number of ether oxygens (including phenoxy) is 1. The van der Waals surface area contributed by atoms with Crippen LogP contribution in [0.5, 0.6) is 5.75 Å². The molecule has 0 spiro atoms. The summed E-state index contributed by atoms with van der Waals surface area (Å²) in [4.78, 5) is 10.6. The molecule has 0 bridgehead atoms. The van der Waals surface area contributed by atoms with E-state index in [1.807, 2.05) is 24.3 Å². The zero-order valence-electron chi connectivity index (χ0n) is 11.5. The van der Waals surface area contributed by atoms with Crippen molar-refractivity contribution in [3.63, 3.8) is 0 Å². The van der Waals surface area contributed by atoms with Crippen molar-refractivity contribution in [2.45, 2.75) is 44.4 Å². The predicted molar refractivity (Wildman–Crippen MR) is 76.2 cm³/mol. The number of amides is 1. The van der Waals surface area contributed by atoms with E-state index in [4.69, 9.17) is 10.5 Å². The Labute approximate surface area is 119 Å². The molecular formula is C15H22N2O3. The summed E-state index contributed by atoms with van der Waals surface area (Å²) in [6.07, 6.45) is 3.97. The zero-order valence-corrected chi connectivity index (χ0v) is 11.5. The number of aliphatic hydroxyl groups is 1. The Morgan fingerprint density at radius 2 is 2.00 bits per heavy atom. The lowest BCUT2D eigenvalue weighted by Crippen LogP contribution is -2.41. The summed E-state index contributed by atoms with van der Waals surface area (Å²) in [5.74, 6) is 0.146. The highest BCUT2D eigenvalue weighted by Gasteiger charge is 2.21. The lowest BCUT2D eigenvalue weighted by molar-refractivity contribution is -0.119. The van der Waals surface area contributed by atoms with E-state index in [-0.39, 0.29) is 18.8 Å². The Balaban J connectivity index is 1.79. The molecule has 1 aliphatic rings. The maximum atomic E-state index is 10.6. The van der Waals surface area contributed by atoms with Crippen LogP contribution in [0.25, 0.3) is 0 Å². The van der Waals surface area contributed by atoms with Crippen LogP contribution < -0.4 is 15.8 Å². The van der Waals surface area contributed by atoms with Gasteiger partial charge in [-0.2, -0.15) is 0 Å². The van der Waals surface area contributed by atoms with Crippen molar-refractivity contribution in [1.29, 1.82) is 0 Å². The van der Waals surface area contributed by atoms with Gasteiger partial charge in [-0.15, -0.1) is 0 Å². The van der Waals surface area contributed by atoms with Gasteiger partial charge in [0.25, 0.3) is 5.91 Å². The number of carbonyl (C=O) groups excluding carboxylic acids is 1. The molecule has 5 nitrogen and oxygen atoms in total. The molecule has 5 heteroatoms. The van der Waals surface area contributed by atoms with Crippen molar-refractivity contribution in [3.05, 3.63) is 29.8 Å². The lowest BCUT2D eigenvalue weighted by atomic mass is 9.92. The van der Waals surface area contributed by atoms with Crippen LogP contribution in [0.15, 0.2) is 24.3 Å². The average molecular weight is 278 g/mol. The third-order valence-corrected chi connectivity index (χ3v) is 3.60. The lowest BCUT2D eigenvalue weighted by Gasteiger charge is -2.28. The molecule has 1 amide bonds. The molecule has 1 saturated carbocycles. The Morgan fingerprint density at radius 3 is 2.65 bits per heavy atom. The first-order chi connectivity index (χ1) is 9.65. The van der Waals surface area contributed by atoms with Gasteiger partial charge >= 0.3 is 0 Å². The van der Waals surface area contributed by atoms with Crippen molar-refractivity contribution < 1.29 is 14.6 Å². The van der Waals surface area contributed by atoms with Gasteiger partial charge in [-0.3, -0.25) is 4.79 Å². The molecular weight excluding hydrogens is 256 g/mol. The summed E-state index contributed by atoms with van der Waals surface area (Å²) in [7, 11) is 0. The van der Waals surface area contributed by atoms with E-state index in [0.29, 0.717) is 5.75 Å².